The number of ketones is 1. The van der Waals surface area contributed by atoms with E-state index in [0.29, 0.717) is 5.56 Å². The van der Waals surface area contributed by atoms with Crippen LogP contribution in [-0.4, -0.2) is 31.0 Å². The van der Waals surface area contributed by atoms with E-state index in [1.807, 2.05) is 45.3 Å². The lowest BCUT2D eigenvalue weighted by Gasteiger charge is -2.31. The number of hydrogen-bond donors (Lipinski definition) is 1. The molecule has 0 fully saturated rings. The van der Waals surface area contributed by atoms with Gasteiger partial charge in [-0.15, -0.1) is 0 Å². The van der Waals surface area contributed by atoms with Crippen LogP contribution in [0.5, 0.6) is 0 Å². The maximum Gasteiger partial charge on any atom is 0.335 e. The Kier molecular flexibility index (Phi) is 6.87. The maximum absolute atomic E-state index is 13.4. The highest BCUT2D eigenvalue weighted by Gasteiger charge is 2.26. The van der Waals surface area contributed by atoms with Gasteiger partial charge < -0.3 is 10.0 Å². The number of carboxylic acid groups (broad SMARTS) is 1. The molecule has 33 heavy (non-hydrogen) atoms. The van der Waals surface area contributed by atoms with Crippen LogP contribution in [0.4, 0.5) is 5.69 Å². The van der Waals surface area contributed by atoms with Crippen molar-refractivity contribution >= 4 is 23.5 Å². The zero-order chi connectivity index (χ0) is 24.3. The number of allylic oxidation sites excluding steroid dienone is 1. The molecule has 3 aromatic rings. The molecule has 0 saturated carbocycles. The van der Waals surface area contributed by atoms with Gasteiger partial charge in [0.1, 0.15) is 0 Å². The van der Waals surface area contributed by atoms with Crippen LogP contribution in [0.25, 0.3) is 17.2 Å². The third-order valence-corrected chi connectivity index (χ3v) is 5.73. The molecule has 0 atom stereocenters. The first-order valence-corrected chi connectivity index (χ1v) is 11.0. The summed E-state index contributed by atoms with van der Waals surface area (Å²) in [6.07, 6.45) is 3.29. The van der Waals surface area contributed by atoms with Crippen LogP contribution in [-0.2, 0) is 5.41 Å². The van der Waals surface area contributed by atoms with Crippen molar-refractivity contribution in [2.24, 2.45) is 0 Å². The number of anilines is 1. The fraction of sp³-hybridized carbons (Fsp3) is 0.241. The van der Waals surface area contributed by atoms with Gasteiger partial charge >= 0.3 is 5.97 Å². The molecule has 0 aliphatic rings. The lowest BCUT2D eigenvalue weighted by Crippen LogP contribution is -2.22. The van der Waals surface area contributed by atoms with E-state index < -0.39 is 5.97 Å². The van der Waals surface area contributed by atoms with E-state index in [0.717, 1.165) is 33.5 Å². The molecular weight excluding hydrogens is 410 g/mol. The summed E-state index contributed by atoms with van der Waals surface area (Å²) in [5.74, 6) is -1.05. The SMILES string of the molecule is Cc1c(C(=O)/C=C/c2ccc(C(=O)O)cc2)cc(C(C)(C)C)c(N(C)C)c1-c1ccccc1. The summed E-state index contributed by atoms with van der Waals surface area (Å²) in [6, 6.07) is 18.7. The van der Waals surface area contributed by atoms with Gasteiger partial charge in [0.05, 0.1) is 5.56 Å². The lowest BCUT2D eigenvalue weighted by atomic mass is 9.79. The second kappa shape index (κ2) is 9.45. The summed E-state index contributed by atoms with van der Waals surface area (Å²) in [6.45, 7) is 8.49. The number of carbonyl (C=O) groups excluding carboxylic acids is 1. The predicted octanol–water partition coefficient (Wildman–Crippen LogP) is 6.62. The molecule has 0 aromatic heterocycles. The highest BCUT2D eigenvalue weighted by molar-refractivity contribution is 6.10. The average Bonchev–Trinajstić information content (AvgIpc) is 2.77. The number of benzene rings is 3. The summed E-state index contributed by atoms with van der Waals surface area (Å²) in [4.78, 5) is 26.6. The topological polar surface area (TPSA) is 57.6 Å². The van der Waals surface area contributed by atoms with Crippen molar-refractivity contribution in [3.8, 4) is 11.1 Å². The standard InChI is InChI=1S/C29H31NO3/c1-19-23(25(31)17-14-20-12-15-22(16-13-20)28(32)33)18-24(29(2,3)4)27(30(5)6)26(19)21-10-8-7-9-11-21/h7-18H,1-6H3,(H,32,33)/b17-14+. The number of aromatic carboxylic acids is 1. The maximum atomic E-state index is 13.4. The van der Waals surface area contributed by atoms with Crippen molar-refractivity contribution in [1.29, 1.82) is 0 Å². The minimum absolute atomic E-state index is 0.0807. The highest BCUT2D eigenvalue weighted by atomic mass is 16.4. The van der Waals surface area contributed by atoms with Gasteiger partial charge in [-0.1, -0.05) is 69.3 Å². The van der Waals surface area contributed by atoms with Crippen molar-refractivity contribution in [3.05, 3.63) is 94.6 Å². The van der Waals surface area contributed by atoms with E-state index in [4.69, 9.17) is 5.11 Å². The van der Waals surface area contributed by atoms with Gasteiger partial charge in [-0.2, -0.15) is 0 Å². The largest absolute Gasteiger partial charge is 0.478 e. The summed E-state index contributed by atoms with van der Waals surface area (Å²) in [5.41, 5.74) is 6.81. The highest BCUT2D eigenvalue weighted by Crippen LogP contribution is 2.42. The molecule has 0 amide bonds. The average molecular weight is 442 g/mol. The zero-order valence-electron chi connectivity index (χ0n) is 20.1. The molecule has 0 aliphatic heterocycles. The Bertz CT molecular complexity index is 1200. The Morgan fingerprint density at radius 2 is 1.55 bits per heavy atom. The number of nitrogens with zero attached hydrogens (tertiary/aromatic N) is 1. The molecule has 0 unspecified atom stereocenters. The molecule has 170 valence electrons. The second-order valence-electron chi connectivity index (χ2n) is 9.46. The summed E-state index contributed by atoms with van der Waals surface area (Å²) < 4.78 is 0. The molecule has 0 bridgehead atoms. The molecule has 0 spiro atoms. The molecule has 0 saturated heterocycles. The number of hydrogen-bond acceptors (Lipinski definition) is 3. The van der Waals surface area contributed by atoms with Gasteiger partial charge in [0, 0.05) is 30.9 Å². The Labute approximate surface area is 196 Å². The van der Waals surface area contributed by atoms with Gasteiger partial charge in [-0.25, -0.2) is 4.79 Å². The predicted molar refractivity (Wildman–Crippen MR) is 136 cm³/mol. The first-order chi connectivity index (χ1) is 15.5. The van der Waals surface area contributed by atoms with Crippen LogP contribution < -0.4 is 4.90 Å². The number of rotatable bonds is 6. The molecule has 1 N–H and O–H groups in total. The van der Waals surface area contributed by atoms with Crippen molar-refractivity contribution in [3.63, 3.8) is 0 Å². The van der Waals surface area contributed by atoms with E-state index in [9.17, 15) is 9.59 Å². The smallest absolute Gasteiger partial charge is 0.335 e. The van der Waals surface area contributed by atoms with Crippen LogP contribution in [0.1, 0.15) is 58.2 Å². The molecule has 0 heterocycles. The third-order valence-electron chi connectivity index (χ3n) is 5.73. The van der Waals surface area contributed by atoms with Crippen LogP contribution in [0.3, 0.4) is 0 Å². The van der Waals surface area contributed by atoms with Gasteiger partial charge in [0.25, 0.3) is 0 Å². The fourth-order valence-corrected chi connectivity index (χ4v) is 4.02. The monoisotopic (exact) mass is 441 g/mol. The Morgan fingerprint density at radius 3 is 2.06 bits per heavy atom. The summed E-state index contributed by atoms with van der Waals surface area (Å²) in [7, 11) is 4.08. The quantitative estimate of drug-likeness (QED) is 0.345. The fourth-order valence-electron chi connectivity index (χ4n) is 4.02. The molecule has 4 heteroatoms. The normalized spacial score (nSPS) is 11.6. The summed E-state index contributed by atoms with van der Waals surface area (Å²) >= 11 is 0. The molecule has 4 nitrogen and oxygen atoms in total. The van der Waals surface area contributed by atoms with E-state index in [1.54, 1.807) is 24.3 Å². The zero-order valence-corrected chi connectivity index (χ0v) is 20.1. The molecule has 0 aliphatic carbocycles. The second-order valence-corrected chi connectivity index (χ2v) is 9.46. The molecule has 0 radical (unpaired) electrons. The van der Waals surface area contributed by atoms with Gasteiger partial charge in [0.15, 0.2) is 5.78 Å². The number of carboxylic acids is 1. The van der Waals surface area contributed by atoms with Crippen molar-refractivity contribution < 1.29 is 14.7 Å². The number of carbonyl (C=O) groups is 2. The minimum atomic E-state index is -0.971. The first-order valence-electron chi connectivity index (χ1n) is 11.0. The molecule has 3 aromatic carbocycles. The van der Waals surface area contributed by atoms with Crippen LogP contribution in [0.15, 0.2) is 66.7 Å². The van der Waals surface area contributed by atoms with Crippen molar-refractivity contribution in [2.75, 3.05) is 19.0 Å². The van der Waals surface area contributed by atoms with E-state index in [-0.39, 0.29) is 16.8 Å². The van der Waals surface area contributed by atoms with E-state index in [1.165, 1.54) is 12.1 Å². The van der Waals surface area contributed by atoms with Crippen molar-refractivity contribution in [2.45, 2.75) is 33.1 Å². The van der Waals surface area contributed by atoms with Crippen molar-refractivity contribution in [1.82, 2.24) is 0 Å². The van der Waals surface area contributed by atoms with Crippen LogP contribution in [0, 0.1) is 6.92 Å². The minimum Gasteiger partial charge on any atom is -0.478 e. The van der Waals surface area contributed by atoms with E-state index >= 15 is 0 Å². The lowest BCUT2D eigenvalue weighted by molar-refractivity contribution is 0.0696. The molecular formula is C29H31NO3. The Morgan fingerprint density at radius 1 is 0.939 bits per heavy atom. The Hall–Kier alpha value is -3.66. The van der Waals surface area contributed by atoms with Gasteiger partial charge in [0.2, 0.25) is 0 Å². The van der Waals surface area contributed by atoms with Crippen LogP contribution >= 0.6 is 0 Å². The Balaban J connectivity index is 2.15. The summed E-state index contributed by atoms with van der Waals surface area (Å²) in [5, 5.41) is 9.07. The molecule has 3 rings (SSSR count). The van der Waals surface area contributed by atoms with Gasteiger partial charge in [-0.3, -0.25) is 4.79 Å². The van der Waals surface area contributed by atoms with E-state index in [2.05, 4.69) is 37.8 Å². The third kappa shape index (κ3) is 5.23. The van der Waals surface area contributed by atoms with Gasteiger partial charge in [-0.05, 0) is 58.9 Å². The first kappa shape index (κ1) is 24.0. The van der Waals surface area contributed by atoms with Crippen LogP contribution in [0.2, 0.25) is 0 Å².